The van der Waals surface area contributed by atoms with Gasteiger partial charge in [-0.25, -0.2) is 13.6 Å². The first-order valence-electron chi connectivity index (χ1n) is 8.00. The van der Waals surface area contributed by atoms with Gasteiger partial charge in [-0.15, -0.1) is 12.4 Å². The van der Waals surface area contributed by atoms with Crippen molar-refractivity contribution in [1.82, 2.24) is 10.2 Å². The molecule has 0 fully saturated rings. The summed E-state index contributed by atoms with van der Waals surface area (Å²) in [4.78, 5) is 14.2. The highest BCUT2D eigenvalue weighted by Crippen LogP contribution is 2.12. The number of nitrogens with one attached hydrogen (secondary N) is 2. The number of hydrogen-bond donors (Lipinski definition) is 3. The molecule has 0 heterocycles. The summed E-state index contributed by atoms with van der Waals surface area (Å²) in [6, 6.07) is 6.66. The van der Waals surface area contributed by atoms with Gasteiger partial charge in [0.05, 0.1) is 11.4 Å². The predicted molar refractivity (Wildman–Crippen MR) is 104 cm³/mol. The summed E-state index contributed by atoms with van der Waals surface area (Å²) in [7, 11) is -3.72. The van der Waals surface area contributed by atoms with E-state index in [-0.39, 0.29) is 29.8 Å². The minimum Gasteiger partial charge on any atom is -0.325 e. The zero-order valence-corrected chi connectivity index (χ0v) is 16.8. The standard InChI is InChI=1S/C16H28N4O3S.ClH/c1-12(2)20(13(3)4)10-9-18-11-16(21)19-14-5-7-15(8-6-14)24(17,22)23;/h5-8,12-13,18H,9-11H2,1-4H3,(H,19,21)(H2,17,22,23);1H. The van der Waals surface area contributed by atoms with E-state index in [1.165, 1.54) is 24.3 Å². The van der Waals surface area contributed by atoms with E-state index in [0.29, 0.717) is 24.3 Å². The van der Waals surface area contributed by atoms with Crippen molar-refractivity contribution in [2.24, 2.45) is 5.14 Å². The molecular formula is C16H29ClN4O3S. The highest BCUT2D eigenvalue weighted by molar-refractivity contribution is 7.89. The number of nitrogens with zero attached hydrogens (tertiary/aromatic N) is 1. The quantitative estimate of drug-likeness (QED) is 0.551. The number of benzene rings is 1. The molecule has 9 heteroatoms. The predicted octanol–water partition coefficient (Wildman–Crippen LogP) is 1.40. The third kappa shape index (κ3) is 8.64. The van der Waals surface area contributed by atoms with E-state index < -0.39 is 10.0 Å². The molecule has 1 rings (SSSR count). The van der Waals surface area contributed by atoms with Crippen LogP contribution in [-0.4, -0.2) is 50.9 Å². The first-order chi connectivity index (χ1) is 11.1. The fourth-order valence-corrected chi connectivity index (χ4v) is 2.97. The van der Waals surface area contributed by atoms with Crippen LogP contribution in [0, 0.1) is 0 Å². The molecular weight excluding hydrogens is 364 g/mol. The normalized spacial score (nSPS) is 11.7. The second-order valence-corrected chi connectivity index (χ2v) is 7.78. The van der Waals surface area contributed by atoms with Gasteiger partial charge in [0.25, 0.3) is 0 Å². The topological polar surface area (TPSA) is 105 Å². The molecule has 1 amide bonds. The van der Waals surface area contributed by atoms with Crippen LogP contribution in [0.1, 0.15) is 27.7 Å². The number of halogens is 1. The Labute approximate surface area is 156 Å². The largest absolute Gasteiger partial charge is 0.325 e. The van der Waals surface area contributed by atoms with Crippen LogP contribution >= 0.6 is 12.4 Å². The van der Waals surface area contributed by atoms with Crippen molar-refractivity contribution >= 4 is 34.0 Å². The smallest absolute Gasteiger partial charge is 0.238 e. The number of carbonyl (C=O) groups excluding carboxylic acids is 1. The van der Waals surface area contributed by atoms with Gasteiger partial charge < -0.3 is 10.6 Å². The molecule has 0 atom stereocenters. The first kappa shape index (κ1) is 23.8. The number of nitrogens with two attached hydrogens (primary N) is 1. The van der Waals surface area contributed by atoms with Crippen LogP contribution in [0.25, 0.3) is 0 Å². The van der Waals surface area contributed by atoms with Gasteiger partial charge >= 0.3 is 0 Å². The van der Waals surface area contributed by atoms with Crippen LogP contribution in [0.4, 0.5) is 5.69 Å². The lowest BCUT2D eigenvalue weighted by Gasteiger charge is -2.30. The van der Waals surface area contributed by atoms with Crippen molar-refractivity contribution in [2.45, 2.75) is 44.7 Å². The van der Waals surface area contributed by atoms with E-state index >= 15 is 0 Å². The monoisotopic (exact) mass is 392 g/mol. The Morgan fingerprint density at radius 3 is 2.08 bits per heavy atom. The van der Waals surface area contributed by atoms with Crippen molar-refractivity contribution in [2.75, 3.05) is 25.0 Å². The molecule has 0 aliphatic rings. The molecule has 0 bridgehead atoms. The zero-order chi connectivity index (χ0) is 18.3. The van der Waals surface area contributed by atoms with Crippen LogP contribution in [0.15, 0.2) is 29.2 Å². The molecule has 7 nitrogen and oxygen atoms in total. The Bertz CT molecular complexity index is 625. The maximum atomic E-state index is 11.9. The minimum atomic E-state index is -3.72. The Balaban J connectivity index is 0.00000576. The lowest BCUT2D eigenvalue weighted by molar-refractivity contribution is -0.115. The maximum absolute atomic E-state index is 11.9. The van der Waals surface area contributed by atoms with Crippen molar-refractivity contribution in [1.29, 1.82) is 0 Å². The van der Waals surface area contributed by atoms with Crippen LogP contribution in [0.2, 0.25) is 0 Å². The Hall–Kier alpha value is -1.19. The van der Waals surface area contributed by atoms with Gasteiger partial charge in [-0.05, 0) is 52.0 Å². The van der Waals surface area contributed by atoms with Crippen LogP contribution in [0.3, 0.4) is 0 Å². The van der Waals surface area contributed by atoms with Crippen molar-refractivity contribution in [3.63, 3.8) is 0 Å². The zero-order valence-electron chi connectivity index (χ0n) is 15.2. The third-order valence-electron chi connectivity index (χ3n) is 3.63. The van der Waals surface area contributed by atoms with Gasteiger partial charge in [-0.2, -0.15) is 0 Å². The van der Waals surface area contributed by atoms with E-state index in [1.807, 2.05) is 0 Å². The number of hydrogen-bond acceptors (Lipinski definition) is 5. The Kier molecular flexibility index (Phi) is 10.2. The summed E-state index contributed by atoms with van der Waals surface area (Å²) < 4.78 is 22.3. The van der Waals surface area contributed by atoms with Gasteiger partial charge in [0.15, 0.2) is 0 Å². The highest BCUT2D eigenvalue weighted by atomic mass is 35.5. The molecule has 1 aromatic rings. The lowest BCUT2D eigenvalue weighted by atomic mass is 10.2. The molecule has 0 radical (unpaired) electrons. The molecule has 0 saturated heterocycles. The average molecular weight is 393 g/mol. The SMILES string of the molecule is CC(C)N(CCNCC(=O)Nc1ccc(S(N)(=O)=O)cc1)C(C)C.Cl. The summed E-state index contributed by atoms with van der Waals surface area (Å²) in [6.45, 7) is 10.4. The van der Waals surface area contributed by atoms with Crippen molar-refractivity contribution in [3.8, 4) is 0 Å². The van der Waals surface area contributed by atoms with Gasteiger partial charge in [-0.3, -0.25) is 9.69 Å². The van der Waals surface area contributed by atoms with Crippen LogP contribution in [-0.2, 0) is 14.8 Å². The average Bonchev–Trinajstić information content (AvgIpc) is 2.45. The van der Waals surface area contributed by atoms with Gasteiger partial charge in [0.1, 0.15) is 0 Å². The number of sulfonamides is 1. The van der Waals surface area contributed by atoms with Crippen LogP contribution < -0.4 is 15.8 Å². The fraction of sp³-hybridized carbons (Fsp3) is 0.562. The molecule has 0 aliphatic carbocycles. The molecule has 0 spiro atoms. The van der Waals surface area contributed by atoms with Crippen molar-refractivity contribution in [3.05, 3.63) is 24.3 Å². The second kappa shape index (κ2) is 10.7. The van der Waals surface area contributed by atoms with Gasteiger partial charge in [-0.1, -0.05) is 0 Å². The van der Waals surface area contributed by atoms with Crippen molar-refractivity contribution < 1.29 is 13.2 Å². The minimum absolute atomic E-state index is 0. The molecule has 0 saturated carbocycles. The fourth-order valence-electron chi connectivity index (χ4n) is 2.46. The van der Waals surface area contributed by atoms with E-state index in [0.717, 1.165) is 6.54 Å². The Morgan fingerprint density at radius 1 is 1.12 bits per heavy atom. The number of amides is 1. The molecule has 4 N–H and O–H groups in total. The highest BCUT2D eigenvalue weighted by Gasteiger charge is 2.12. The molecule has 0 aliphatic heterocycles. The summed E-state index contributed by atoms with van der Waals surface area (Å²) in [5.41, 5.74) is 0.528. The van der Waals surface area contributed by atoms with E-state index in [4.69, 9.17) is 5.14 Å². The molecule has 1 aromatic carbocycles. The summed E-state index contributed by atoms with van der Waals surface area (Å²) >= 11 is 0. The maximum Gasteiger partial charge on any atom is 0.238 e. The van der Waals surface area contributed by atoms with Gasteiger partial charge in [0, 0.05) is 30.9 Å². The summed E-state index contributed by atoms with van der Waals surface area (Å²) in [6.07, 6.45) is 0. The molecule has 144 valence electrons. The summed E-state index contributed by atoms with van der Waals surface area (Å²) in [5.74, 6) is -0.181. The Morgan fingerprint density at radius 2 is 1.64 bits per heavy atom. The number of anilines is 1. The lowest BCUT2D eigenvalue weighted by Crippen LogP contribution is -2.42. The van der Waals surface area contributed by atoms with Gasteiger partial charge in [0.2, 0.25) is 15.9 Å². The molecule has 0 unspecified atom stereocenters. The van der Waals surface area contributed by atoms with E-state index in [9.17, 15) is 13.2 Å². The third-order valence-corrected chi connectivity index (χ3v) is 4.55. The van der Waals surface area contributed by atoms with E-state index in [1.54, 1.807) is 0 Å². The summed E-state index contributed by atoms with van der Waals surface area (Å²) in [5, 5.41) is 10.8. The molecule has 0 aromatic heterocycles. The first-order valence-corrected chi connectivity index (χ1v) is 9.55. The van der Waals surface area contributed by atoms with Crippen LogP contribution in [0.5, 0.6) is 0 Å². The number of rotatable bonds is 9. The second-order valence-electron chi connectivity index (χ2n) is 6.22. The molecule has 25 heavy (non-hydrogen) atoms. The number of primary sulfonamides is 1. The number of carbonyl (C=O) groups is 1. The van der Waals surface area contributed by atoms with E-state index in [2.05, 4.69) is 43.2 Å².